The molecule has 1 unspecified atom stereocenters. The van der Waals surface area contributed by atoms with Crippen molar-refractivity contribution in [2.24, 2.45) is 22.7 Å². The molecule has 2 fully saturated rings. The first kappa shape index (κ1) is 37.2. The number of nitrogens with zero attached hydrogens (tertiary/aromatic N) is 3. The van der Waals surface area contributed by atoms with Crippen LogP contribution in [0.3, 0.4) is 0 Å². The van der Waals surface area contributed by atoms with Gasteiger partial charge in [-0.05, 0) is 62.1 Å². The largest absolute Gasteiger partial charge is 0.390 e. The van der Waals surface area contributed by atoms with Crippen molar-refractivity contribution < 1.29 is 37.5 Å². The van der Waals surface area contributed by atoms with Crippen molar-refractivity contribution in [3.05, 3.63) is 46.2 Å². The molecule has 0 bridgehead atoms. The summed E-state index contributed by atoms with van der Waals surface area (Å²) in [7, 11) is 0. The van der Waals surface area contributed by atoms with E-state index in [0.717, 1.165) is 25.3 Å². The number of halogens is 3. The van der Waals surface area contributed by atoms with E-state index in [1.165, 1.54) is 17.6 Å². The Labute approximate surface area is 282 Å². The summed E-state index contributed by atoms with van der Waals surface area (Å²) in [6.45, 7) is 7.78. The van der Waals surface area contributed by atoms with Gasteiger partial charge in [-0.15, -0.1) is 11.3 Å². The van der Waals surface area contributed by atoms with Gasteiger partial charge in [0.15, 0.2) is 0 Å². The number of aromatic nitrogens is 1. The molecule has 1 saturated carbocycles. The predicted molar refractivity (Wildman–Crippen MR) is 176 cm³/mol. The third-order valence-electron chi connectivity index (χ3n) is 9.57. The van der Waals surface area contributed by atoms with Gasteiger partial charge in [0.1, 0.15) is 16.7 Å². The lowest BCUT2D eigenvalue weighted by molar-refractivity contribution is -0.142. The summed E-state index contributed by atoms with van der Waals surface area (Å²) in [6, 6.07) is 3.09. The number of aliphatic hydroxyl groups is 1. The predicted octanol–water partition coefficient (Wildman–Crippen LogP) is 5.42. The summed E-state index contributed by atoms with van der Waals surface area (Å²) >= 11 is 0.620. The number of carbonyl (C=O) groups is 4. The number of rotatable bonds is 11. The SMILES string of the molecule is CCC(=O)N[C@@H](C(=O)N1CCC(C)(O)CC1)[C@@H](C)c1ccc(NC(=O)C(/C=N/C(=O)C(F)(F)c2cncs2)[C@H]2CC[C@H](C)CC2)c(F)c1. The van der Waals surface area contributed by atoms with Crippen molar-refractivity contribution in [1.82, 2.24) is 15.2 Å². The zero-order chi connectivity index (χ0) is 35.2. The van der Waals surface area contributed by atoms with Crippen LogP contribution in [-0.2, 0) is 25.1 Å². The van der Waals surface area contributed by atoms with Crippen molar-refractivity contribution in [3.8, 4) is 0 Å². The van der Waals surface area contributed by atoms with Crippen molar-refractivity contribution in [2.75, 3.05) is 18.4 Å². The number of alkyl halides is 2. The first-order valence-corrected chi connectivity index (χ1v) is 17.3. The zero-order valence-electron chi connectivity index (χ0n) is 27.7. The summed E-state index contributed by atoms with van der Waals surface area (Å²) in [5, 5.41) is 15.6. The number of thiazole rings is 1. The van der Waals surface area contributed by atoms with Gasteiger partial charge < -0.3 is 20.6 Å². The van der Waals surface area contributed by atoms with Crippen LogP contribution in [0.1, 0.15) is 89.0 Å². The summed E-state index contributed by atoms with van der Waals surface area (Å²) in [4.78, 5) is 60.0. The van der Waals surface area contributed by atoms with Gasteiger partial charge in [-0.25, -0.2) is 9.38 Å². The molecular formula is C34H44F3N5O5S. The quantitative estimate of drug-likeness (QED) is 0.269. The summed E-state index contributed by atoms with van der Waals surface area (Å²) in [5.74, 6) is -9.35. The maximum absolute atomic E-state index is 15.6. The second kappa shape index (κ2) is 15.7. The topological polar surface area (TPSA) is 141 Å². The van der Waals surface area contributed by atoms with Gasteiger partial charge in [0.05, 0.1) is 22.7 Å². The standard InChI is InChI=1S/C34H44F3N5O5S/c1-5-28(43)41-29(31(45)42-14-12-33(4,47)13-15-42)21(3)23-10-11-26(25(35)16-23)40-30(44)24(22-8-6-20(2)7-9-22)17-39-32(46)34(36,37)27-18-38-19-48-27/h10-11,16-22,24,29,47H,5-9,12-15H2,1-4H3,(H,40,44)(H,41,43)/b39-17+/t20-,21-,22-,24?,29+/m0/s1. The van der Waals surface area contributed by atoms with E-state index in [0.29, 0.717) is 61.6 Å². The Balaban J connectivity index is 1.52. The van der Waals surface area contributed by atoms with Crippen molar-refractivity contribution in [1.29, 1.82) is 0 Å². The first-order chi connectivity index (χ1) is 22.6. The molecule has 2 heterocycles. The second-order valence-electron chi connectivity index (χ2n) is 13.3. The van der Waals surface area contributed by atoms with Gasteiger partial charge >= 0.3 is 11.8 Å². The highest BCUT2D eigenvalue weighted by molar-refractivity contribution is 7.09. The molecular weight excluding hydrogens is 647 g/mol. The van der Waals surface area contributed by atoms with Crippen LogP contribution in [0.25, 0.3) is 0 Å². The molecule has 4 amide bonds. The average molecular weight is 692 g/mol. The number of nitrogens with one attached hydrogen (secondary N) is 2. The molecule has 1 aliphatic carbocycles. The van der Waals surface area contributed by atoms with Gasteiger partial charge in [0.2, 0.25) is 17.7 Å². The van der Waals surface area contributed by atoms with E-state index in [1.54, 1.807) is 31.7 Å². The Hall–Kier alpha value is -3.65. The minimum atomic E-state index is -3.90. The van der Waals surface area contributed by atoms with Crippen LogP contribution in [0.15, 0.2) is 34.9 Å². The van der Waals surface area contributed by atoms with Crippen LogP contribution in [-0.4, -0.2) is 69.6 Å². The second-order valence-corrected chi connectivity index (χ2v) is 14.2. The minimum absolute atomic E-state index is 0.142. The summed E-state index contributed by atoms with van der Waals surface area (Å²) in [6.07, 6.45) is 5.59. The van der Waals surface area contributed by atoms with Crippen molar-refractivity contribution in [3.63, 3.8) is 0 Å². The molecule has 0 spiro atoms. The molecule has 3 atom stereocenters. The molecule has 14 heteroatoms. The number of aliphatic imine (C=N–C) groups is 1. The van der Waals surface area contributed by atoms with Gasteiger partial charge in [0, 0.05) is 37.8 Å². The zero-order valence-corrected chi connectivity index (χ0v) is 28.5. The van der Waals surface area contributed by atoms with Gasteiger partial charge in [0.25, 0.3) is 0 Å². The Morgan fingerprint density at radius 1 is 1.19 bits per heavy atom. The highest BCUT2D eigenvalue weighted by Gasteiger charge is 2.43. The Morgan fingerprint density at radius 3 is 2.44 bits per heavy atom. The summed E-state index contributed by atoms with van der Waals surface area (Å²) < 4.78 is 44.9. The maximum Gasteiger partial charge on any atom is 0.362 e. The molecule has 10 nitrogen and oxygen atoms in total. The highest BCUT2D eigenvalue weighted by Crippen LogP contribution is 2.35. The molecule has 1 aromatic carbocycles. The number of likely N-dealkylation sites (tertiary alicyclic amines) is 1. The molecule has 4 rings (SSSR count). The number of hydrogen-bond acceptors (Lipinski definition) is 7. The molecule has 262 valence electrons. The van der Waals surface area contributed by atoms with Gasteiger partial charge in [-0.1, -0.05) is 39.7 Å². The number of piperidine rings is 1. The Bertz CT molecular complexity index is 1480. The first-order valence-electron chi connectivity index (χ1n) is 16.4. The number of amides is 4. The van der Waals surface area contributed by atoms with E-state index in [9.17, 15) is 33.1 Å². The van der Waals surface area contributed by atoms with Gasteiger partial charge in [-0.3, -0.25) is 24.2 Å². The molecule has 48 heavy (non-hydrogen) atoms. The van der Waals surface area contributed by atoms with Crippen molar-refractivity contribution in [2.45, 2.75) is 96.1 Å². The van der Waals surface area contributed by atoms with E-state index in [4.69, 9.17) is 0 Å². The molecule has 2 aromatic rings. The maximum atomic E-state index is 15.6. The number of hydrogen-bond donors (Lipinski definition) is 3. The van der Waals surface area contributed by atoms with Crippen LogP contribution >= 0.6 is 11.3 Å². The number of anilines is 1. The summed E-state index contributed by atoms with van der Waals surface area (Å²) in [5.41, 5.74) is 0.537. The van der Waals surface area contributed by atoms with Crippen LogP contribution in [0.4, 0.5) is 18.9 Å². The molecule has 0 radical (unpaired) electrons. The van der Waals surface area contributed by atoms with E-state index >= 15 is 4.39 Å². The highest BCUT2D eigenvalue weighted by atomic mass is 32.1. The van der Waals surface area contributed by atoms with Crippen LogP contribution < -0.4 is 10.6 Å². The van der Waals surface area contributed by atoms with Crippen LogP contribution in [0.5, 0.6) is 0 Å². The molecule has 1 saturated heterocycles. The van der Waals surface area contributed by atoms with E-state index in [2.05, 4.69) is 27.5 Å². The van der Waals surface area contributed by atoms with E-state index in [1.807, 2.05) is 0 Å². The molecule has 1 aromatic heterocycles. The molecule has 2 aliphatic rings. The third kappa shape index (κ3) is 9.07. The van der Waals surface area contributed by atoms with Crippen molar-refractivity contribution >= 4 is 46.9 Å². The Kier molecular flexibility index (Phi) is 12.2. The lowest BCUT2D eigenvalue weighted by Crippen LogP contribution is -2.54. The molecule has 1 aliphatic heterocycles. The third-order valence-corrected chi connectivity index (χ3v) is 10.4. The van der Waals surface area contributed by atoms with E-state index in [-0.39, 0.29) is 29.8 Å². The van der Waals surface area contributed by atoms with Crippen LogP contribution in [0.2, 0.25) is 0 Å². The van der Waals surface area contributed by atoms with Crippen LogP contribution in [0, 0.1) is 23.6 Å². The number of benzene rings is 1. The molecule has 3 N–H and O–H groups in total. The lowest BCUT2D eigenvalue weighted by atomic mass is 9.76. The fraction of sp³-hybridized carbons (Fsp3) is 0.588. The fourth-order valence-corrected chi connectivity index (χ4v) is 6.75. The minimum Gasteiger partial charge on any atom is -0.390 e. The van der Waals surface area contributed by atoms with Gasteiger partial charge in [-0.2, -0.15) is 8.78 Å². The smallest absolute Gasteiger partial charge is 0.362 e. The Morgan fingerprint density at radius 2 is 1.85 bits per heavy atom. The lowest BCUT2D eigenvalue weighted by Gasteiger charge is -2.38. The number of carbonyl (C=O) groups excluding carboxylic acids is 4. The fourth-order valence-electron chi connectivity index (χ4n) is 6.16. The average Bonchev–Trinajstić information content (AvgIpc) is 3.61. The normalized spacial score (nSPS) is 21.7. The monoisotopic (exact) mass is 691 g/mol. The van der Waals surface area contributed by atoms with E-state index < -0.39 is 51.9 Å².